The Labute approximate surface area is 123 Å². The fourth-order valence-corrected chi connectivity index (χ4v) is 2.07. The van der Waals surface area contributed by atoms with Crippen molar-refractivity contribution in [2.45, 2.75) is 13.5 Å². The van der Waals surface area contributed by atoms with Crippen LogP contribution in [-0.2, 0) is 6.54 Å². The predicted octanol–water partition coefficient (Wildman–Crippen LogP) is 2.98. The van der Waals surface area contributed by atoms with E-state index in [2.05, 4.69) is 10.3 Å². The maximum absolute atomic E-state index is 11.0. The van der Waals surface area contributed by atoms with E-state index in [1.165, 1.54) is 0 Å². The third kappa shape index (κ3) is 3.47. The minimum Gasteiger partial charge on any atom is -0.378 e. The third-order valence-electron chi connectivity index (χ3n) is 3.23. The van der Waals surface area contributed by atoms with E-state index in [0.717, 1.165) is 16.9 Å². The lowest BCUT2D eigenvalue weighted by atomic mass is 10.1. The molecule has 0 radical (unpaired) electrons. The fraction of sp³-hybridized carbons (Fsp3) is 0.267. The first-order valence-electron chi connectivity index (χ1n) is 6.58. The summed E-state index contributed by atoms with van der Waals surface area (Å²) >= 11 is 0. The van der Waals surface area contributed by atoms with Crippen molar-refractivity contribution < 1.29 is 4.92 Å². The van der Waals surface area contributed by atoms with Crippen LogP contribution in [0.3, 0.4) is 0 Å². The lowest BCUT2D eigenvalue weighted by Crippen LogP contribution is -2.12. The van der Waals surface area contributed by atoms with Gasteiger partial charge in [-0.2, -0.15) is 0 Å². The summed E-state index contributed by atoms with van der Waals surface area (Å²) < 4.78 is 0. The summed E-state index contributed by atoms with van der Waals surface area (Å²) in [6, 6.07) is 7.18. The van der Waals surface area contributed by atoms with Gasteiger partial charge in [-0.3, -0.25) is 15.1 Å². The lowest BCUT2D eigenvalue weighted by Gasteiger charge is -2.17. The van der Waals surface area contributed by atoms with Gasteiger partial charge >= 0.3 is 0 Å². The highest BCUT2D eigenvalue weighted by atomic mass is 16.6. The van der Waals surface area contributed by atoms with E-state index in [0.29, 0.717) is 12.1 Å². The van der Waals surface area contributed by atoms with Crippen LogP contribution < -0.4 is 10.2 Å². The minimum atomic E-state index is -0.353. The normalized spacial score (nSPS) is 10.2. The first-order chi connectivity index (χ1) is 9.99. The Bertz CT molecular complexity index is 656. The van der Waals surface area contributed by atoms with Crippen molar-refractivity contribution >= 4 is 17.1 Å². The smallest absolute Gasteiger partial charge is 0.272 e. The van der Waals surface area contributed by atoms with Gasteiger partial charge in [0, 0.05) is 38.5 Å². The Balaban J connectivity index is 2.17. The molecule has 1 aromatic carbocycles. The molecule has 0 aliphatic carbocycles. The van der Waals surface area contributed by atoms with Gasteiger partial charge in [0.15, 0.2) is 0 Å². The Kier molecular flexibility index (Phi) is 4.37. The van der Waals surface area contributed by atoms with Crippen LogP contribution >= 0.6 is 0 Å². The molecule has 0 fully saturated rings. The third-order valence-corrected chi connectivity index (χ3v) is 3.23. The summed E-state index contributed by atoms with van der Waals surface area (Å²) in [6.45, 7) is 2.24. The topological polar surface area (TPSA) is 71.3 Å². The zero-order valence-electron chi connectivity index (χ0n) is 12.3. The van der Waals surface area contributed by atoms with Crippen molar-refractivity contribution in [3.63, 3.8) is 0 Å². The molecule has 0 atom stereocenters. The largest absolute Gasteiger partial charge is 0.378 e. The number of rotatable bonds is 5. The van der Waals surface area contributed by atoms with Crippen LogP contribution in [0.5, 0.6) is 0 Å². The average molecular weight is 286 g/mol. The van der Waals surface area contributed by atoms with Gasteiger partial charge in [0.05, 0.1) is 22.5 Å². The summed E-state index contributed by atoms with van der Waals surface area (Å²) in [5.74, 6) is 0. The van der Waals surface area contributed by atoms with E-state index in [-0.39, 0.29) is 10.6 Å². The lowest BCUT2D eigenvalue weighted by molar-refractivity contribution is -0.385. The molecule has 2 aromatic rings. The van der Waals surface area contributed by atoms with Crippen LogP contribution in [0.2, 0.25) is 0 Å². The van der Waals surface area contributed by atoms with Gasteiger partial charge < -0.3 is 10.2 Å². The van der Waals surface area contributed by atoms with Crippen LogP contribution in [0, 0.1) is 17.0 Å². The second-order valence-electron chi connectivity index (χ2n) is 5.02. The van der Waals surface area contributed by atoms with Gasteiger partial charge in [-0.15, -0.1) is 0 Å². The number of hydrogen-bond acceptors (Lipinski definition) is 5. The van der Waals surface area contributed by atoms with E-state index in [1.54, 1.807) is 31.5 Å². The van der Waals surface area contributed by atoms with Crippen LogP contribution in [0.1, 0.15) is 11.1 Å². The monoisotopic (exact) mass is 286 g/mol. The van der Waals surface area contributed by atoms with E-state index < -0.39 is 0 Å². The van der Waals surface area contributed by atoms with Crippen LogP contribution in [-0.4, -0.2) is 24.0 Å². The number of nitro groups is 1. The maximum Gasteiger partial charge on any atom is 0.272 e. The highest BCUT2D eigenvalue weighted by Crippen LogP contribution is 2.24. The summed E-state index contributed by atoms with van der Waals surface area (Å²) in [4.78, 5) is 16.7. The number of hydrogen-bond donors (Lipinski definition) is 1. The van der Waals surface area contributed by atoms with Gasteiger partial charge in [-0.1, -0.05) is 12.1 Å². The Morgan fingerprint density at radius 3 is 2.76 bits per heavy atom. The molecule has 0 aliphatic heterocycles. The van der Waals surface area contributed by atoms with Crippen LogP contribution in [0.15, 0.2) is 36.7 Å². The van der Waals surface area contributed by atoms with Crippen molar-refractivity contribution in [2.24, 2.45) is 0 Å². The number of benzene rings is 1. The summed E-state index contributed by atoms with van der Waals surface area (Å²) in [5, 5.41) is 14.2. The molecule has 0 amide bonds. The van der Waals surface area contributed by atoms with E-state index in [4.69, 9.17) is 0 Å². The number of aromatic nitrogens is 1. The molecule has 0 unspecified atom stereocenters. The molecule has 0 bridgehead atoms. The van der Waals surface area contributed by atoms with Crippen molar-refractivity contribution in [3.8, 4) is 0 Å². The summed E-state index contributed by atoms with van der Waals surface area (Å²) in [7, 11) is 3.91. The maximum atomic E-state index is 11.0. The van der Waals surface area contributed by atoms with Gasteiger partial charge in [-0.25, -0.2) is 0 Å². The molecule has 0 saturated carbocycles. The van der Waals surface area contributed by atoms with Crippen molar-refractivity contribution in [2.75, 3.05) is 24.3 Å². The Hall–Kier alpha value is -2.63. The molecule has 6 nitrogen and oxygen atoms in total. The van der Waals surface area contributed by atoms with Crippen LogP contribution in [0.4, 0.5) is 17.1 Å². The van der Waals surface area contributed by atoms with E-state index in [9.17, 15) is 10.1 Å². The number of nitrogens with one attached hydrogen (secondary N) is 1. The molecular weight excluding hydrogens is 268 g/mol. The number of pyridine rings is 1. The Morgan fingerprint density at radius 2 is 2.10 bits per heavy atom. The van der Waals surface area contributed by atoms with Crippen molar-refractivity contribution in [1.29, 1.82) is 0 Å². The first kappa shape index (κ1) is 14.8. The van der Waals surface area contributed by atoms with Gasteiger partial charge in [0.25, 0.3) is 5.69 Å². The first-order valence-corrected chi connectivity index (χ1v) is 6.58. The van der Waals surface area contributed by atoms with Gasteiger partial charge in [0.1, 0.15) is 0 Å². The van der Waals surface area contributed by atoms with Gasteiger partial charge in [-0.05, 0) is 18.6 Å². The molecule has 6 heteroatoms. The summed E-state index contributed by atoms with van der Waals surface area (Å²) in [5.41, 5.74) is 3.59. The highest BCUT2D eigenvalue weighted by Gasteiger charge is 2.11. The molecule has 1 N–H and O–H groups in total. The van der Waals surface area contributed by atoms with Crippen molar-refractivity contribution in [1.82, 2.24) is 4.98 Å². The standard InChI is InChI=1S/C15H18N4O2/c1-11-4-5-12(8-15(11)19(20)21)9-17-13-10-16-7-6-14(13)18(2)3/h4-8,10,17H,9H2,1-3H3. The SMILES string of the molecule is Cc1ccc(CNc2cnccc2N(C)C)cc1[N+](=O)[O-]. The van der Waals surface area contributed by atoms with E-state index in [1.807, 2.05) is 31.1 Å². The summed E-state index contributed by atoms with van der Waals surface area (Å²) in [6.07, 6.45) is 3.48. The van der Waals surface area contributed by atoms with Crippen LogP contribution in [0.25, 0.3) is 0 Å². The quantitative estimate of drug-likeness (QED) is 0.676. The van der Waals surface area contributed by atoms with Crippen molar-refractivity contribution in [3.05, 3.63) is 57.9 Å². The fourth-order valence-electron chi connectivity index (χ4n) is 2.07. The highest BCUT2D eigenvalue weighted by molar-refractivity contribution is 5.68. The van der Waals surface area contributed by atoms with Gasteiger partial charge in [0.2, 0.25) is 0 Å². The molecule has 1 aromatic heterocycles. The predicted molar refractivity (Wildman–Crippen MR) is 83.7 cm³/mol. The number of nitro benzene ring substituents is 1. The average Bonchev–Trinajstić information content (AvgIpc) is 2.46. The minimum absolute atomic E-state index is 0.147. The Morgan fingerprint density at radius 1 is 1.33 bits per heavy atom. The zero-order valence-corrected chi connectivity index (χ0v) is 12.3. The molecule has 2 rings (SSSR count). The van der Waals surface area contributed by atoms with E-state index >= 15 is 0 Å². The molecule has 0 saturated heterocycles. The number of aryl methyl sites for hydroxylation is 1. The zero-order chi connectivity index (χ0) is 15.4. The number of nitrogens with zero attached hydrogens (tertiary/aromatic N) is 3. The number of anilines is 2. The second kappa shape index (κ2) is 6.21. The molecule has 0 aliphatic rings. The molecule has 0 spiro atoms. The molecule has 110 valence electrons. The molecule has 21 heavy (non-hydrogen) atoms. The second-order valence-corrected chi connectivity index (χ2v) is 5.02. The molecule has 1 heterocycles. The molecular formula is C15H18N4O2.